The molecule has 0 aliphatic rings. The van der Waals surface area contributed by atoms with Crippen molar-refractivity contribution in [3.63, 3.8) is 0 Å². The number of hydrogen-bond donors (Lipinski definition) is 5. The van der Waals surface area contributed by atoms with Crippen LogP contribution in [0.4, 0.5) is 0 Å². The molecule has 276 valence electrons. The lowest BCUT2D eigenvalue weighted by molar-refractivity contribution is 0.330. The van der Waals surface area contributed by atoms with Gasteiger partial charge in [0.05, 0.1) is 5.56 Å². The number of aromatic hydroxyl groups is 5. The summed E-state index contributed by atoms with van der Waals surface area (Å²) in [5.74, 6) is -4.31. The standard InChI is InChI=1S/C52H32O6/c53-48-47(49(54)51(56)52(57)50(48)55)40-25-24-39(33-15-3-4-16-34(33)40)44-37-19-7-5-17-35(37)43(36-18-6-8-20-38(36)44)30-13-9-12-29(27-30)32-21-10-22-41-46(32)45-31-14-2-1-11-28(31)23-26-42(45)58-41/h1-27,53-57H. The quantitative estimate of drug-likeness (QED) is 0.0695. The van der Waals surface area contributed by atoms with Crippen LogP contribution < -0.4 is 0 Å². The molecule has 1 heterocycles. The van der Waals surface area contributed by atoms with Crippen LogP contribution in [0.2, 0.25) is 0 Å². The second-order valence-corrected chi connectivity index (χ2v) is 14.7. The highest BCUT2D eigenvalue weighted by atomic mass is 16.4. The molecule has 0 fully saturated rings. The highest BCUT2D eigenvalue weighted by Crippen LogP contribution is 2.56. The molecule has 6 nitrogen and oxygen atoms in total. The number of phenols is 5. The average Bonchev–Trinajstić information content (AvgIpc) is 3.67. The molecule has 1 aromatic heterocycles. The van der Waals surface area contributed by atoms with Crippen LogP contribution in [0.25, 0.3) is 110 Å². The van der Waals surface area contributed by atoms with Crippen molar-refractivity contribution >= 4 is 65.0 Å². The van der Waals surface area contributed by atoms with Crippen molar-refractivity contribution in [3.8, 4) is 73.3 Å². The van der Waals surface area contributed by atoms with Gasteiger partial charge >= 0.3 is 0 Å². The Kier molecular flexibility index (Phi) is 7.21. The SMILES string of the molecule is Oc1c(O)c(O)c(-c2ccc(-c3c4ccccc4c(-c4cccc(-c5cccc6oc7ccc8ccccc8c7c56)c4)c4ccccc34)c3ccccc23)c(O)c1O. The zero-order chi connectivity index (χ0) is 39.2. The molecule has 0 bridgehead atoms. The third kappa shape index (κ3) is 4.72. The van der Waals surface area contributed by atoms with Crippen LogP contribution >= 0.6 is 0 Å². The molecule has 0 aliphatic heterocycles. The minimum absolute atomic E-state index is 0.187. The van der Waals surface area contributed by atoms with E-state index in [1.165, 1.54) is 0 Å². The second-order valence-electron chi connectivity index (χ2n) is 14.7. The minimum atomic E-state index is -0.996. The Morgan fingerprint density at radius 3 is 1.41 bits per heavy atom. The maximum absolute atomic E-state index is 10.9. The van der Waals surface area contributed by atoms with Crippen LogP contribution in [0.3, 0.4) is 0 Å². The number of rotatable bonds is 4. The summed E-state index contributed by atoms with van der Waals surface area (Å²) >= 11 is 0. The molecule has 58 heavy (non-hydrogen) atoms. The van der Waals surface area contributed by atoms with Crippen LogP contribution in [-0.4, -0.2) is 25.5 Å². The Bertz CT molecular complexity index is 3440. The number of furan rings is 1. The monoisotopic (exact) mass is 752 g/mol. The van der Waals surface area contributed by atoms with E-state index in [1.54, 1.807) is 6.07 Å². The van der Waals surface area contributed by atoms with Crippen molar-refractivity contribution in [1.29, 1.82) is 0 Å². The summed E-state index contributed by atoms with van der Waals surface area (Å²) in [5.41, 5.74) is 8.18. The summed E-state index contributed by atoms with van der Waals surface area (Å²) in [6.45, 7) is 0. The third-order valence-electron chi connectivity index (χ3n) is 11.6. The van der Waals surface area contributed by atoms with Gasteiger partial charge in [-0.05, 0) is 100 Å². The Labute approximate surface area is 331 Å². The van der Waals surface area contributed by atoms with Gasteiger partial charge < -0.3 is 29.9 Å². The molecule has 10 aromatic carbocycles. The van der Waals surface area contributed by atoms with E-state index in [0.717, 1.165) is 93.0 Å². The summed E-state index contributed by atoms with van der Waals surface area (Å²) in [6.07, 6.45) is 0. The Morgan fingerprint density at radius 2 is 0.776 bits per heavy atom. The molecular weight excluding hydrogens is 721 g/mol. The van der Waals surface area contributed by atoms with Gasteiger partial charge in [0.1, 0.15) is 11.2 Å². The number of phenolic OH excluding ortho intramolecular Hbond substituents is 5. The van der Waals surface area contributed by atoms with Gasteiger partial charge in [-0.2, -0.15) is 0 Å². The number of fused-ring (bicyclic) bond motifs is 8. The van der Waals surface area contributed by atoms with Gasteiger partial charge in [-0.3, -0.25) is 0 Å². The van der Waals surface area contributed by atoms with E-state index in [0.29, 0.717) is 10.9 Å². The van der Waals surface area contributed by atoms with Gasteiger partial charge in [0, 0.05) is 10.8 Å². The first-order valence-electron chi connectivity index (χ1n) is 19.0. The second kappa shape index (κ2) is 12.5. The molecule has 0 saturated carbocycles. The van der Waals surface area contributed by atoms with Gasteiger partial charge in [0.15, 0.2) is 11.5 Å². The Hall–Kier alpha value is -7.96. The average molecular weight is 753 g/mol. The van der Waals surface area contributed by atoms with Crippen molar-refractivity contribution in [2.24, 2.45) is 0 Å². The fraction of sp³-hybridized carbons (Fsp3) is 0. The van der Waals surface area contributed by atoms with E-state index in [4.69, 9.17) is 4.42 Å². The molecule has 0 aliphatic carbocycles. The third-order valence-corrected chi connectivity index (χ3v) is 11.6. The maximum Gasteiger partial charge on any atom is 0.208 e. The lowest BCUT2D eigenvalue weighted by atomic mass is 9.83. The van der Waals surface area contributed by atoms with E-state index in [9.17, 15) is 25.5 Å². The van der Waals surface area contributed by atoms with Crippen molar-refractivity contribution in [2.75, 3.05) is 0 Å². The molecular formula is C52H32O6. The van der Waals surface area contributed by atoms with Crippen LogP contribution in [0.5, 0.6) is 28.7 Å². The fourth-order valence-electron chi connectivity index (χ4n) is 9.07. The molecule has 0 saturated heterocycles. The van der Waals surface area contributed by atoms with Crippen LogP contribution in [0, 0.1) is 0 Å². The van der Waals surface area contributed by atoms with Crippen LogP contribution in [-0.2, 0) is 0 Å². The summed E-state index contributed by atoms with van der Waals surface area (Å²) in [7, 11) is 0. The number of benzene rings is 10. The van der Waals surface area contributed by atoms with Gasteiger partial charge in [-0.15, -0.1) is 0 Å². The first-order chi connectivity index (χ1) is 28.4. The highest BCUT2D eigenvalue weighted by Gasteiger charge is 2.27. The largest absolute Gasteiger partial charge is 0.504 e. The molecule has 0 atom stereocenters. The van der Waals surface area contributed by atoms with E-state index >= 15 is 0 Å². The van der Waals surface area contributed by atoms with Gasteiger partial charge in [0.25, 0.3) is 0 Å². The zero-order valence-corrected chi connectivity index (χ0v) is 30.7. The Morgan fingerprint density at radius 1 is 0.293 bits per heavy atom. The van der Waals surface area contributed by atoms with Crippen LogP contribution in [0.15, 0.2) is 168 Å². The topological polar surface area (TPSA) is 114 Å². The Balaban J connectivity index is 1.16. The van der Waals surface area contributed by atoms with Gasteiger partial charge in [0.2, 0.25) is 17.2 Å². The molecule has 11 rings (SSSR count). The maximum atomic E-state index is 10.9. The lowest BCUT2D eigenvalue weighted by Gasteiger charge is -2.20. The van der Waals surface area contributed by atoms with Crippen molar-refractivity contribution in [3.05, 3.63) is 164 Å². The van der Waals surface area contributed by atoms with Crippen molar-refractivity contribution in [2.45, 2.75) is 0 Å². The fourth-order valence-corrected chi connectivity index (χ4v) is 9.07. The molecule has 0 spiro atoms. The smallest absolute Gasteiger partial charge is 0.208 e. The summed E-state index contributed by atoms with van der Waals surface area (Å²) in [6, 6.07) is 55.8. The van der Waals surface area contributed by atoms with E-state index in [1.807, 2.05) is 48.5 Å². The summed E-state index contributed by atoms with van der Waals surface area (Å²) in [4.78, 5) is 0. The first kappa shape index (κ1) is 33.4. The molecule has 6 heteroatoms. The molecule has 0 unspecified atom stereocenters. The normalized spacial score (nSPS) is 11.8. The van der Waals surface area contributed by atoms with E-state index < -0.39 is 28.7 Å². The summed E-state index contributed by atoms with van der Waals surface area (Å²) < 4.78 is 6.44. The molecule has 0 radical (unpaired) electrons. The number of hydrogen-bond acceptors (Lipinski definition) is 6. The van der Waals surface area contributed by atoms with Gasteiger partial charge in [-0.25, -0.2) is 0 Å². The van der Waals surface area contributed by atoms with Crippen LogP contribution in [0.1, 0.15) is 0 Å². The predicted octanol–water partition coefficient (Wildman–Crippen LogP) is 13.4. The minimum Gasteiger partial charge on any atom is -0.504 e. The summed E-state index contributed by atoms with van der Waals surface area (Å²) in [5, 5.41) is 63.1. The molecule has 5 N–H and O–H groups in total. The van der Waals surface area contributed by atoms with E-state index in [-0.39, 0.29) is 5.56 Å². The first-order valence-corrected chi connectivity index (χ1v) is 19.0. The molecule has 11 aromatic rings. The lowest BCUT2D eigenvalue weighted by Crippen LogP contribution is -1.93. The van der Waals surface area contributed by atoms with Crippen molar-refractivity contribution in [1.82, 2.24) is 0 Å². The highest BCUT2D eigenvalue weighted by molar-refractivity contribution is 6.25. The predicted molar refractivity (Wildman–Crippen MR) is 234 cm³/mol. The molecule has 0 amide bonds. The van der Waals surface area contributed by atoms with Crippen molar-refractivity contribution < 1.29 is 29.9 Å². The van der Waals surface area contributed by atoms with Gasteiger partial charge in [-0.1, -0.05) is 146 Å². The van der Waals surface area contributed by atoms with E-state index in [2.05, 4.69) is 109 Å². The zero-order valence-electron chi connectivity index (χ0n) is 30.7.